The molecule has 19 heavy (non-hydrogen) atoms. The zero-order chi connectivity index (χ0) is 14.4. The number of carbonyl (C=O) groups is 3. The number of carbonyl (C=O) groups excluding carboxylic acids is 1. The molecule has 1 fully saturated rings. The lowest BCUT2D eigenvalue weighted by Gasteiger charge is -2.32. The van der Waals surface area contributed by atoms with Crippen LogP contribution in [0.4, 0.5) is 4.79 Å². The van der Waals surface area contributed by atoms with Crippen molar-refractivity contribution in [2.45, 2.75) is 31.1 Å². The van der Waals surface area contributed by atoms with Gasteiger partial charge in [0.2, 0.25) is 0 Å². The van der Waals surface area contributed by atoms with Gasteiger partial charge in [-0.3, -0.25) is 4.79 Å². The van der Waals surface area contributed by atoms with Gasteiger partial charge in [-0.15, -0.1) is 0 Å². The van der Waals surface area contributed by atoms with Crippen molar-refractivity contribution in [1.82, 2.24) is 10.2 Å². The molecule has 0 aromatic heterocycles. The van der Waals surface area contributed by atoms with E-state index in [9.17, 15) is 14.4 Å². The van der Waals surface area contributed by atoms with E-state index in [0.717, 1.165) is 12.2 Å². The van der Waals surface area contributed by atoms with E-state index in [1.807, 2.05) is 6.92 Å². The second kappa shape index (κ2) is 7.22. The van der Waals surface area contributed by atoms with Gasteiger partial charge in [0, 0.05) is 24.1 Å². The van der Waals surface area contributed by atoms with Gasteiger partial charge in [-0.05, 0) is 6.42 Å². The molecule has 1 unspecified atom stereocenters. The number of nitrogens with zero attached hydrogens (tertiary/aromatic N) is 1. The van der Waals surface area contributed by atoms with Crippen molar-refractivity contribution in [2.75, 3.05) is 18.8 Å². The van der Waals surface area contributed by atoms with Gasteiger partial charge in [-0.1, -0.05) is 6.92 Å². The first-order valence-electron chi connectivity index (χ1n) is 6.05. The van der Waals surface area contributed by atoms with Crippen LogP contribution in [0.2, 0.25) is 0 Å². The van der Waals surface area contributed by atoms with Gasteiger partial charge in [0.1, 0.15) is 6.04 Å². The Morgan fingerprint density at radius 2 is 2.11 bits per heavy atom. The smallest absolute Gasteiger partial charge is 0.326 e. The molecule has 1 rings (SSSR count). The fraction of sp³-hybridized carbons (Fsp3) is 0.727. The molecule has 0 aromatic rings. The highest BCUT2D eigenvalue weighted by Crippen LogP contribution is 2.21. The summed E-state index contributed by atoms with van der Waals surface area (Å²) in [4.78, 5) is 34.9. The SMILES string of the molecule is CCC1CN(C(=O)N[C@H](CC(=O)O)C(=O)O)CCS1. The molecule has 1 aliphatic rings. The van der Waals surface area contributed by atoms with Crippen LogP contribution in [0.1, 0.15) is 19.8 Å². The van der Waals surface area contributed by atoms with E-state index < -0.39 is 30.4 Å². The monoisotopic (exact) mass is 290 g/mol. The fourth-order valence-electron chi connectivity index (χ4n) is 1.77. The highest BCUT2D eigenvalue weighted by atomic mass is 32.2. The van der Waals surface area contributed by atoms with Crippen LogP contribution in [0.5, 0.6) is 0 Å². The topological polar surface area (TPSA) is 107 Å². The molecule has 0 aliphatic carbocycles. The minimum Gasteiger partial charge on any atom is -0.481 e. The van der Waals surface area contributed by atoms with Gasteiger partial charge in [0.15, 0.2) is 0 Å². The van der Waals surface area contributed by atoms with Crippen LogP contribution >= 0.6 is 11.8 Å². The van der Waals surface area contributed by atoms with Crippen molar-refractivity contribution in [3.05, 3.63) is 0 Å². The third-order valence-electron chi connectivity index (χ3n) is 2.86. The van der Waals surface area contributed by atoms with Gasteiger partial charge in [-0.2, -0.15) is 11.8 Å². The van der Waals surface area contributed by atoms with E-state index in [0.29, 0.717) is 18.3 Å². The second-order valence-corrected chi connectivity index (χ2v) is 5.69. The molecule has 0 aromatic carbocycles. The number of aliphatic carboxylic acids is 2. The van der Waals surface area contributed by atoms with Gasteiger partial charge in [0.25, 0.3) is 0 Å². The van der Waals surface area contributed by atoms with Crippen LogP contribution in [-0.2, 0) is 9.59 Å². The van der Waals surface area contributed by atoms with E-state index in [1.165, 1.54) is 0 Å². The van der Waals surface area contributed by atoms with Gasteiger partial charge in [0.05, 0.1) is 6.42 Å². The highest BCUT2D eigenvalue weighted by molar-refractivity contribution is 8.00. The molecule has 3 N–H and O–H groups in total. The van der Waals surface area contributed by atoms with Crippen LogP contribution in [0, 0.1) is 0 Å². The summed E-state index contributed by atoms with van der Waals surface area (Å²) in [5.74, 6) is -1.79. The first-order chi connectivity index (χ1) is 8.93. The molecule has 2 atom stereocenters. The molecule has 108 valence electrons. The Bertz CT molecular complexity index is 363. The zero-order valence-corrected chi connectivity index (χ0v) is 11.5. The third-order valence-corrected chi connectivity index (χ3v) is 4.23. The number of urea groups is 1. The van der Waals surface area contributed by atoms with E-state index in [-0.39, 0.29) is 0 Å². The lowest BCUT2D eigenvalue weighted by molar-refractivity contribution is -0.145. The minimum atomic E-state index is -1.39. The maximum Gasteiger partial charge on any atom is 0.326 e. The molecule has 1 saturated heterocycles. The van der Waals surface area contributed by atoms with Crippen LogP contribution in [0.3, 0.4) is 0 Å². The second-order valence-electron chi connectivity index (χ2n) is 4.29. The summed E-state index contributed by atoms with van der Waals surface area (Å²) in [7, 11) is 0. The molecule has 8 heteroatoms. The van der Waals surface area contributed by atoms with E-state index in [4.69, 9.17) is 10.2 Å². The standard InChI is InChI=1S/C11H18N2O5S/c1-2-7-6-13(3-4-19-7)11(18)12-8(10(16)17)5-9(14)15/h7-8H,2-6H2,1H3,(H,12,18)(H,14,15)(H,16,17)/t7?,8-/m1/s1. The summed E-state index contributed by atoms with van der Waals surface area (Å²) in [6, 6.07) is -1.90. The van der Waals surface area contributed by atoms with Crippen molar-refractivity contribution in [1.29, 1.82) is 0 Å². The Morgan fingerprint density at radius 3 is 2.63 bits per heavy atom. The van der Waals surface area contributed by atoms with Crippen molar-refractivity contribution < 1.29 is 24.6 Å². The molecular formula is C11H18N2O5S. The number of nitrogens with one attached hydrogen (secondary N) is 1. The maximum atomic E-state index is 11.9. The predicted molar refractivity (Wildman–Crippen MR) is 70.3 cm³/mol. The Hall–Kier alpha value is -1.44. The van der Waals surface area contributed by atoms with Gasteiger partial charge in [-0.25, -0.2) is 9.59 Å². The summed E-state index contributed by atoms with van der Waals surface area (Å²) in [6.45, 7) is 3.14. The van der Waals surface area contributed by atoms with E-state index in [2.05, 4.69) is 5.32 Å². The lowest BCUT2D eigenvalue weighted by atomic mass is 10.2. The predicted octanol–water partition coefficient (Wildman–Crippen LogP) is 0.451. The molecule has 0 spiro atoms. The summed E-state index contributed by atoms with van der Waals surface area (Å²) < 4.78 is 0. The van der Waals surface area contributed by atoms with Crippen molar-refractivity contribution in [3.63, 3.8) is 0 Å². The summed E-state index contributed by atoms with van der Waals surface area (Å²) >= 11 is 1.79. The number of carboxylic acid groups (broad SMARTS) is 2. The van der Waals surface area contributed by atoms with Crippen LogP contribution in [0.25, 0.3) is 0 Å². The summed E-state index contributed by atoms with van der Waals surface area (Å²) in [5.41, 5.74) is 0. The van der Waals surface area contributed by atoms with Crippen LogP contribution in [-0.4, -0.2) is 63.2 Å². The summed E-state index contributed by atoms with van der Waals surface area (Å²) in [6.07, 6.45) is 0.312. The average Bonchev–Trinajstić information content (AvgIpc) is 2.37. The molecular weight excluding hydrogens is 272 g/mol. The molecule has 0 radical (unpaired) electrons. The van der Waals surface area contributed by atoms with Crippen molar-refractivity contribution in [2.24, 2.45) is 0 Å². The Balaban J connectivity index is 2.56. The normalized spacial score (nSPS) is 20.7. The first kappa shape index (κ1) is 15.6. The lowest BCUT2D eigenvalue weighted by Crippen LogP contribution is -2.52. The summed E-state index contributed by atoms with van der Waals surface area (Å²) in [5, 5.41) is 20.1. The largest absolute Gasteiger partial charge is 0.481 e. The minimum absolute atomic E-state index is 0.349. The molecule has 1 heterocycles. The first-order valence-corrected chi connectivity index (χ1v) is 7.10. The number of hydrogen-bond donors (Lipinski definition) is 3. The molecule has 0 saturated carbocycles. The highest BCUT2D eigenvalue weighted by Gasteiger charge is 2.28. The third kappa shape index (κ3) is 4.98. The van der Waals surface area contributed by atoms with E-state index in [1.54, 1.807) is 16.7 Å². The number of amides is 2. The average molecular weight is 290 g/mol. The molecule has 1 aliphatic heterocycles. The van der Waals surface area contributed by atoms with Gasteiger partial charge >= 0.3 is 18.0 Å². The van der Waals surface area contributed by atoms with Crippen molar-refractivity contribution in [3.8, 4) is 0 Å². The number of rotatable bonds is 5. The molecule has 2 amide bonds. The Kier molecular flexibility index (Phi) is 5.94. The fourth-order valence-corrected chi connectivity index (χ4v) is 2.95. The zero-order valence-electron chi connectivity index (χ0n) is 10.7. The Morgan fingerprint density at radius 1 is 1.42 bits per heavy atom. The molecule has 0 bridgehead atoms. The van der Waals surface area contributed by atoms with E-state index >= 15 is 0 Å². The number of thioether (sulfide) groups is 1. The maximum absolute atomic E-state index is 11.9. The van der Waals surface area contributed by atoms with Gasteiger partial charge < -0.3 is 20.4 Å². The van der Waals surface area contributed by atoms with Crippen LogP contribution < -0.4 is 5.32 Å². The Labute approximate surface area is 115 Å². The number of hydrogen-bond acceptors (Lipinski definition) is 4. The quantitative estimate of drug-likeness (QED) is 0.678. The number of carboxylic acids is 2. The van der Waals surface area contributed by atoms with Crippen molar-refractivity contribution >= 4 is 29.7 Å². The van der Waals surface area contributed by atoms with Crippen LogP contribution in [0.15, 0.2) is 0 Å². The molecule has 7 nitrogen and oxygen atoms in total.